The summed E-state index contributed by atoms with van der Waals surface area (Å²) in [6, 6.07) is 5.68. The van der Waals surface area contributed by atoms with Crippen LogP contribution < -0.4 is 5.73 Å². The molecule has 108 valence electrons. The van der Waals surface area contributed by atoms with Crippen molar-refractivity contribution in [2.75, 3.05) is 38.6 Å². The summed E-state index contributed by atoms with van der Waals surface area (Å²) in [5.41, 5.74) is 7.91. The number of nitrogens with two attached hydrogens (primary N) is 1. The van der Waals surface area contributed by atoms with Crippen molar-refractivity contribution in [1.82, 2.24) is 14.5 Å². The normalized spacial score (nSPS) is 16.9. The Morgan fingerprint density at radius 2 is 2.05 bits per heavy atom. The van der Waals surface area contributed by atoms with Crippen LogP contribution in [0, 0.1) is 0 Å². The molecule has 0 saturated carbocycles. The molecule has 0 radical (unpaired) electrons. The Balaban J connectivity index is 1.67. The van der Waals surface area contributed by atoms with Crippen molar-refractivity contribution in [3.8, 4) is 0 Å². The molecule has 1 fully saturated rings. The van der Waals surface area contributed by atoms with Crippen molar-refractivity contribution in [3.05, 3.63) is 23.2 Å². The van der Waals surface area contributed by atoms with E-state index in [1.54, 1.807) is 0 Å². The first-order chi connectivity index (χ1) is 9.74. The lowest BCUT2D eigenvalue weighted by atomic mass is 10.3. The number of anilines is 1. The first-order valence-electron chi connectivity index (χ1n) is 6.95. The van der Waals surface area contributed by atoms with E-state index >= 15 is 0 Å². The Bertz CT molecular complexity index is 592. The monoisotopic (exact) mass is 294 g/mol. The van der Waals surface area contributed by atoms with Crippen molar-refractivity contribution in [2.24, 2.45) is 0 Å². The van der Waals surface area contributed by atoms with E-state index < -0.39 is 0 Å². The molecule has 2 N–H and O–H groups in total. The van der Waals surface area contributed by atoms with Crippen LogP contribution in [0.5, 0.6) is 0 Å². The van der Waals surface area contributed by atoms with E-state index in [0.29, 0.717) is 11.0 Å². The number of hydrogen-bond donors (Lipinski definition) is 1. The molecule has 20 heavy (non-hydrogen) atoms. The van der Waals surface area contributed by atoms with Gasteiger partial charge in [-0.25, -0.2) is 4.98 Å². The summed E-state index contributed by atoms with van der Waals surface area (Å²) in [7, 11) is 0. The maximum Gasteiger partial charge on any atom is 0.201 e. The van der Waals surface area contributed by atoms with Gasteiger partial charge in [-0.2, -0.15) is 0 Å². The van der Waals surface area contributed by atoms with Gasteiger partial charge in [-0.3, -0.25) is 4.90 Å². The fourth-order valence-corrected chi connectivity index (χ4v) is 2.79. The number of aryl methyl sites for hydroxylation is 1. The molecule has 0 amide bonds. The van der Waals surface area contributed by atoms with Gasteiger partial charge in [-0.1, -0.05) is 11.6 Å². The second kappa shape index (κ2) is 5.99. The Morgan fingerprint density at radius 3 is 2.85 bits per heavy atom. The van der Waals surface area contributed by atoms with E-state index in [9.17, 15) is 0 Å². The van der Waals surface area contributed by atoms with E-state index in [-0.39, 0.29) is 0 Å². The summed E-state index contributed by atoms with van der Waals surface area (Å²) >= 11 is 6.05. The molecule has 2 heterocycles. The summed E-state index contributed by atoms with van der Waals surface area (Å²) in [5, 5.41) is 0.715. The van der Waals surface area contributed by atoms with Gasteiger partial charge < -0.3 is 15.0 Å². The topological polar surface area (TPSA) is 56.3 Å². The van der Waals surface area contributed by atoms with E-state index in [0.717, 1.165) is 56.8 Å². The third kappa shape index (κ3) is 2.90. The third-order valence-electron chi connectivity index (χ3n) is 3.70. The van der Waals surface area contributed by atoms with E-state index in [1.807, 2.05) is 22.8 Å². The molecule has 1 saturated heterocycles. The molecule has 6 heteroatoms. The fourth-order valence-electron chi connectivity index (χ4n) is 2.63. The predicted octanol–water partition coefficient (Wildman–Crippen LogP) is 1.99. The second-order valence-electron chi connectivity index (χ2n) is 5.06. The van der Waals surface area contributed by atoms with Crippen molar-refractivity contribution in [3.63, 3.8) is 0 Å². The van der Waals surface area contributed by atoms with Gasteiger partial charge in [0.25, 0.3) is 0 Å². The van der Waals surface area contributed by atoms with Gasteiger partial charge in [-0.15, -0.1) is 0 Å². The average Bonchev–Trinajstić information content (AvgIpc) is 2.76. The number of hydrogen-bond acceptors (Lipinski definition) is 4. The molecule has 0 spiro atoms. The number of aromatic nitrogens is 2. The Hall–Kier alpha value is -1.30. The summed E-state index contributed by atoms with van der Waals surface area (Å²) < 4.78 is 7.39. The van der Waals surface area contributed by atoms with Gasteiger partial charge in [0.1, 0.15) is 0 Å². The number of rotatable bonds is 4. The number of morpholine rings is 1. The van der Waals surface area contributed by atoms with Crippen LogP contribution in [0.3, 0.4) is 0 Å². The average molecular weight is 295 g/mol. The minimum Gasteiger partial charge on any atom is -0.379 e. The van der Waals surface area contributed by atoms with Crippen LogP contribution in [0.15, 0.2) is 18.2 Å². The van der Waals surface area contributed by atoms with Crippen LogP contribution in [0.2, 0.25) is 5.02 Å². The first-order valence-corrected chi connectivity index (χ1v) is 7.33. The number of halogens is 1. The van der Waals surface area contributed by atoms with Gasteiger partial charge in [0, 0.05) is 31.2 Å². The van der Waals surface area contributed by atoms with Gasteiger partial charge in [-0.05, 0) is 24.6 Å². The number of ether oxygens (including phenoxy) is 1. The van der Waals surface area contributed by atoms with Crippen LogP contribution in [0.1, 0.15) is 6.42 Å². The molecule has 5 nitrogen and oxygen atoms in total. The van der Waals surface area contributed by atoms with Gasteiger partial charge >= 0.3 is 0 Å². The largest absolute Gasteiger partial charge is 0.379 e. The van der Waals surface area contributed by atoms with Crippen LogP contribution in [0.4, 0.5) is 5.95 Å². The molecule has 0 unspecified atom stereocenters. The van der Waals surface area contributed by atoms with Gasteiger partial charge in [0.15, 0.2) is 0 Å². The summed E-state index contributed by atoms with van der Waals surface area (Å²) in [6.45, 7) is 5.64. The van der Waals surface area contributed by atoms with E-state index in [1.165, 1.54) is 0 Å². The third-order valence-corrected chi connectivity index (χ3v) is 3.93. The molecule has 1 aromatic heterocycles. The Morgan fingerprint density at radius 1 is 1.25 bits per heavy atom. The zero-order valence-corrected chi connectivity index (χ0v) is 12.1. The highest BCUT2D eigenvalue weighted by atomic mass is 35.5. The SMILES string of the molecule is Nc1nc2ccc(Cl)cc2n1CCCN1CCOCC1. The summed E-state index contributed by atoms with van der Waals surface area (Å²) in [6.07, 6.45) is 1.04. The summed E-state index contributed by atoms with van der Waals surface area (Å²) in [5.74, 6) is 0.559. The van der Waals surface area contributed by atoms with Gasteiger partial charge in [0.2, 0.25) is 5.95 Å². The molecule has 1 aromatic carbocycles. The standard InChI is InChI=1S/C14H19ClN4O/c15-11-2-3-12-13(10-11)19(14(16)17-12)5-1-4-18-6-8-20-9-7-18/h2-3,10H,1,4-9H2,(H2,16,17). The van der Waals surface area contributed by atoms with E-state index in [4.69, 9.17) is 22.1 Å². The highest BCUT2D eigenvalue weighted by Crippen LogP contribution is 2.22. The number of benzene rings is 1. The molecular weight excluding hydrogens is 276 g/mol. The second-order valence-corrected chi connectivity index (χ2v) is 5.50. The number of nitrogens with zero attached hydrogens (tertiary/aromatic N) is 3. The van der Waals surface area contributed by atoms with E-state index in [2.05, 4.69) is 9.88 Å². The smallest absolute Gasteiger partial charge is 0.201 e. The van der Waals surface area contributed by atoms with Crippen molar-refractivity contribution < 1.29 is 4.74 Å². The first kappa shape index (κ1) is 13.7. The van der Waals surface area contributed by atoms with Crippen LogP contribution in [0.25, 0.3) is 11.0 Å². The van der Waals surface area contributed by atoms with Crippen molar-refractivity contribution in [2.45, 2.75) is 13.0 Å². The lowest BCUT2D eigenvalue weighted by Gasteiger charge is -2.26. The lowest BCUT2D eigenvalue weighted by Crippen LogP contribution is -2.37. The molecule has 2 aromatic rings. The Labute approximate surface area is 123 Å². The minimum atomic E-state index is 0.559. The molecule has 0 bridgehead atoms. The molecule has 0 atom stereocenters. The van der Waals surface area contributed by atoms with Crippen LogP contribution in [-0.2, 0) is 11.3 Å². The number of nitrogen functional groups attached to an aromatic ring is 1. The highest BCUT2D eigenvalue weighted by Gasteiger charge is 2.11. The molecule has 1 aliphatic rings. The number of imidazole rings is 1. The molecular formula is C14H19ClN4O. The number of fused-ring (bicyclic) bond motifs is 1. The maximum atomic E-state index is 6.05. The maximum absolute atomic E-state index is 6.05. The fraction of sp³-hybridized carbons (Fsp3) is 0.500. The van der Waals surface area contributed by atoms with Crippen LogP contribution in [-0.4, -0.2) is 47.3 Å². The zero-order valence-electron chi connectivity index (χ0n) is 11.4. The summed E-state index contributed by atoms with van der Waals surface area (Å²) in [4.78, 5) is 6.79. The quantitative estimate of drug-likeness (QED) is 0.937. The van der Waals surface area contributed by atoms with Crippen LogP contribution >= 0.6 is 11.6 Å². The lowest BCUT2D eigenvalue weighted by molar-refractivity contribution is 0.0370. The minimum absolute atomic E-state index is 0.559. The molecule has 1 aliphatic heterocycles. The Kier molecular flexibility index (Phi) is 4.10. The molecule has 3 rings (SSSR count). The highest BCUT2D eigenvalue weighted by molar-refractivity contribution is 6.31. The zero-order chi connectivity index (χ0) is 13.9. The van der Waals surface area contributed by atoms with Crippen molar-refractivity contribution >= 4 is 28.6 Å². The molecule has 0 aliphatic carbocycles. The van der Waals surface area contributed by atoms with Gasteiger partial charge in [0.05, 0.1) is 24.2 Å². The van der Waals surface area contributed by atoms with Crippen molar-refractivity contribution in [1.29, 1.82) is 0 Å². The predicted molar refractivity (Wildman–Crippen MR) is 81.0 cm³/mol.